The number of rotatable bonds is 1. The van der Waals surface area contributed by atoms with Crippen molar-refractivity contribution in [2.45, 2.75) is 13.3 Å². The van der Waals surface area contributed by atoms with Crippen LogP contribution in [0.15, 0.2) is 48.5 Å². The Morgan fingerprint density at radius 3 is 2.56 bits per heavy atom. The molecule has 1 aliphatic heterocycles. The maximum Gasteiger partial charge on any atom is 0.126 e. The van der Waals surface area contributed by atoms with E-state index < -0.39 is 0 Å². The summed E-state index contributed by atoms with van der Waals surface area (Å²) in [6.45, 7) is 2.88. The van der Waals surface area contributed by atoms with E-state index in [1.165, 1.54) is 22.3 Å². The smallest absolute Gasteiger partial charge is 0.126 e. The van der Waals surface area contributed by atoms with Gasteiger partial charge in [-0.25, -0.2) is 0 Å². The van der Waals surface area contributed by atoms with Gasteiger partial charge in [-0.3, -0.25) is 0 Å². The van der Waals surface area contributed by atoms with E-state index in [1.807, 2.05) is 0 Å². The maximum atomic E-state index is 5.70. The summed E-state index contributed by atoms with van der Waals surface area (Å²) in [5, 5.41) is 0. The predicted octanol–water partition coefficient (Wildman–Crippen LogP) is 4.46. The van der Waals surface area contributed by atoms with Gasteiger partial charge in [0.15, 0.2) is 0 Å². The molecule has 0 radical (unpaired) electrons. The minimum Gasteiger partial charge on any atom is -0.493 e. The number of benzene rings is 2. The van der Waals surface area contributed by atoms with E-state index >= 15 is 0 Å². The molecule has 0 saturated carbocycles. The Morgan fingerprint density at radius 1 is 0.944 bits per heavy atom. The van der Waals surface area contributed by atoms with Crippen molar-refractivity contribution in [2.75, 3.05) is 6.61 Å². The molecule has 2 aromatic carbocycles. The number of hydrogen-bond donors (Lipinski definition) is 0. The molecule has 90 valence electrons. The fraction of sp³-hybridized carbons (Fsp3) is 0.176. The minimum atomic E-state index is 0.771. The molecule has 0 bridgehead atoms. The quantitative estimate of drug-likeness (QED) is 0.710. The lowest BCUT2D eigenvalue weighted by Gasteiger charge is -2.09. The summed E-state index contributed by atoms with van der Waals surface area (Å²) in [6.07, 6.45) is 5.30. The number of aryl methyl sites for hydroxylation is 1. The Bertz CT molecular complexity index is 579. The second-order valence-electron chi connectivity index (χ2n) is 4.66. The first-order valence-electron chi connectivity index (χ1n) is 6.33. The van der Waals surface area contributed by atoms with Crippen LogP contribution in [0.1, 0.15) is 17.5 Å². The summed E-state index contributed by atoms with van der Waals surface area (Å²) in [6, 6.07) is 15.0. The van der Waals surface area contributed by atoms with Crippen LogP contribution in [0.5, 0.6) is 5.75 Å². The van der Waals surface area contributed by atoms with Gasteiger partial charge in [0.1, 0.15) is 5.75 Å². The van der Waals surface area contributed by atoms with Crippen molar-refractivity contribution < 1.29 is 4.74 Å². The zero-order chi connectivity index (χ0) is 12.4. The number of ether oxygens (including phenoxy) is 1. The molecule has 1 nitrogen and oxygen atoms in total. The summed E-state index contributed by atoms with van der Waals surface area (Å²) in [4.78, 5) is 0. The van der Waals surface area contributed by atoms with Crippen LogP contribution in [0, 0.1) is 6.92 Å². The third-order valence-electron chi connectivity index (χ3n) is 3.23. The summed E-state index contributed by atoms with van der Waals surface area (Å²) in [5.41, 5.74) is 4.95. The Balaban J connectivity index is 2.03. The highest BCUT2D eigenvalue weighted by atomic mass is 16.5. The molecule has 3 rings (SSSR count). The van der Waals surface area contributed by atoms with Crippen molar-refractivity contribution in [1.82, 2.24) is 0 Å². The van der Waals surface area contributed by atoms with Crippen LogP contribution >= 0.6 is 0 Å². The Hall–Kier alpha value is -2.02. The molecular weight excluding hydrogens is 220 g/mol. The molecule has 2 aromatic rings. The normalized spacial score (nSPS) is 13.6. The lowest BCUT2D eigenvalue weighted by Crippen LogP contribution is -1.94. The third-order valence-corrected chi connectivity index (χ3v) is 3.23. The van der Waals surface area contributed by atoms with Crippen LogP contribution in [0.3, 0.4) is 0 Å². The van der Waals surface area contributed by atoms with Crippen LogP contribution in [-0.4, -0.2) is 6.61 Å². The van der Waals surface area contributed by atoms with Gasteiger partial charge < -0.3 is 4.74 Å². The highest BCUT2D eigenvalue weighted by Gasteiger charge is 2.06. The molecule has 18 heavy (non-hydrogen) atoms. The summed E-state index contributed by atoms with van der Waals surface area (Å²) in [7, 11) is 0. The molecule has 0 fully saturated rings. The highest BCUT2D eigenvalue weighted by Crippen LogP contribution is 2.29. The SMILES string of the molecule is Cc1ccc(-c2ccc3c(c2)C=CCCO3)cc1. The van der Waals surface area contributed by atoms with Gasteiger partial charge in [-0.1, -0.05) is 48.0 Å². The van der Waals surface area contributed by atoms with Gasteiger partial charge in [0, 0.05) is 5.56 Å². The molecule has 0 unspecified atom stereocenters. The molecular formula is C17H16O. The molecule has 0 aromatic heterocycles. The summed E-state index contributed by atoms with van der Waals surface area (Å²) in [5.74, 6) is 0.986. The van der Waals surface area contributed by atoms with Gasteiger partial charge >= 0.3 is 0 Å². The minimum absolute atomic E-state index is 0.771. The standard InChI is InChI=1S/C17H16O/c1-13-5-7-14(8-6-13)15-9-10-17-16(12-15)4-2-3-11-18-17/h2,4-10,12H,3,11H2,1H3. The predicted molar refractivity (Wildman–Crippen MR) is 75.8 cm³/mol. The Morgan fingerprint density at radius 2 is 1.72 bits per heavy atom. The lowest BCUT2D eigenvalue weighted by atomic mass is 10.0. The first kappa shape index (κ1) is 11.1. The van der Waals surface area contributed by atoms with Gasteiger partial charge in [0.25, 0.3) is 0 Å². The van der Waals surface area contributed by atoms with Crippen LogP contribution in [0.2, 0.25) is 0 Å². The lowest BCUT2D eigenvalue weighted by molar-refractivity contribution is 0.326. The van der Waals surface area contributed by atoms with Gasteiger partial charge in [0.2, 0.25) is 0 Å². The van der Waals surface area contributed by atoms with Crippen molar-refractivity contribution in [2.24, 2.45) is 0 Å². The van der Waals surface area contributed by atoms with E-state index in [4.69, 9.17) is 4.74 Å². The van der Waals surface area contributed by atoms with Gasteiger partial charge in [-0.2, -0.15) is 0 Å². The van der Waals surface area contributed by atoms with E-state index in [2.05, 4.69) is 61.5 Å². The van der Waals surface area contributed by atoms with Crippen LogP contribution in [0.4, 0.5) is 0 Å². The summed E-state index contributed by atoms with van der Waals surface area (Å²) < 4.78 is 5.70. The first-order chi connectivity index (χ1) is 8.83. The molecule has 0 aliphatic carbocycles. The number of hydrogen-bond acceptors (Lipinski definition) is 1. The van der Waals surface area contributed by atoms with Gasteiger partial charge in [-0.05, 0) is 36.6 Å². The molecule has 1 heteroatoms. The Kier molecular flexibility index (Phi) is 2.89. The second-order valence-corrected chi connectivity index (χ2v) is 4.66. The topological polar surface area (TPSA) is 9.23 Å². The van der Waals surface area contributed by atoms with Crippen LogP contribution in [0.25, 0.3) is 17.2 Å². The molecule has 0 atom stereocenters. The maximum absolute atomic E-state index is 5.70. The molecule has 1 heterocycles. The zero-order valence-electron chi connectivity index (χ0n) is 10.5. The van der Waals surface area contributed by atoms with Crippen LogP contribution in [-0.2, 0) is 0 Å². The fourth-order valence-electron chi connectivity index (χ4n) is 2.18. The van der Waals surface area contributed by atoms with E-state index in [0.717, 1.165) is 18.8 Å². The molecule has 0 N–H and O–H groups in total. The van der Waals surface area contributed by atoms with E-state index in [0.29, 0.717) is 0 Å². The van der Waals surface area contributed by atoms with Crippen LogP contribution < -0.4 is 4.74 Å². The van der Waals surface area contributed by atoms with Crippen molar-refractivity contribution in [3.05, 3.63) is 59.7 Å². The van der Waals surface area contributed by atoms with E-state index in [9.17, 15) is 0 Å². The molecule has 0 amide bonds. The number of fused-ring (bicyclic) bond motifs is 1. The molecule has 1 aliphatic rings. The van der Waals surface area contributed by atoms with Gasteiger partial charge in [0.05, 0.1) is 6.61 Å². The largest absolute Gasteiger partial charge is 0.493 e. The van der Waals surface area contributed by atoms with Gasteiger partial charge in [-0.15, -0.1) is 0 Å². The summed E-state index contributed by atoms with van der Waals surface area (Å²) >= 11 is 0. The van der Waals surface area contributed by atoms with E-state index in [1.54, 1.807) is 0 Å². The zero-order valence-corrected chi connectivity index (χ0v) is 10.5. The van der Waals surface area contributed by atoms with Crippen molar-refractivity contribution in [1.29, 1.82) is 0 Å². The van der Waals surface area contributed by atoms with E-state index in [-0.39, 0.29) is 0 Å². The second kappa shape index (κ2) is 4.69. The first-order valence-corrected chi connectivity index (χ1v) is 6.33. The average molecular weight is 236 g/mol. The average Bonchev–Trinajstić information content (AvgIpc) is 2.64. The molecule has 0 spiro atoms. The molecule has 0 saturated heterocycles. The van der Waals surface area contributed by atoms with Crippen molar-refractivity contribution in [3.8, 4) is 16.9 Å². The van der Waals surface area contributed by atoms with Crippen molar-refractivity contribution >= 4 is 6.08 Å². The monoisotopic (exact) mass is 236 g/mol. The highest BCUT2D eigenvalue weighted by molar-refractivity contribution is 5.71. The fourth-order valence-corrected chi connectivity index (χ4v) is 2.18. The van der Waals surface area contributed by atoms with Crippen molar-refractivity contribution in [3.63, 3.8) is 0 Å². The third kappa shape index (κ3) is 2.17. The Labute approximate surface area is 108 Å².